The smallest absolute Gasteiger partial charge is 0.309 e. The first-order chi connectivity index (χ1) is 7.69. The van der Waals surface area contributed by atoms with Crippen molar-refractivity contribution in [1.82, 2.24) is 10.2 Å². The van der Waals surface area contributed by atoms with Gasteiger partial charge in [-0.2, -0.15) is 0 Å². The number of carbonyl (C=O) groups is 2. The molecule has 0 radical (unpaired) electrons. The Hall–Kier alpha value is -0.810. The molecule has 1 amide bonds. The number of piperidine rings is 1. The van der Waals surface area contributed by atoms with Gasteiger partial charge in [-0.25, -0.2) is 0 Å². The Labute approximate surface area is 108 Å². The molecule has 17 heavy (non-hydrogen) atoms. The lowest BCUT2D eigenvalue weighted by Crippen LogP contribution is -2.43. The molecule has 0 aromatic carbocycles. The minimum atomic E-state index is -0.122. The molecule has 0 aromatic heterocycles. The summed E-state index contributed by atoms with van der Waals surface area (Å²) in [5.41, 5.74) is 0. The lowest BCUT2D eigenvalue weighted by atomic mass is 9.97. The van der Waals surface area contributed by atoms with Crippen LogP contribution in [0.25, 0.3) is 0 Å². The van der Waals surface area contributed by atoms with Crippen LogP contribution in [-0.2, 0) is 14.3 Å². The average Bonchev–Trinajstić information content (AvgIpc) is 2.30. The van der Waals surface area contributed by atoms with Crippen molar-refractivity contribution in [3.63, 3.8) is 0 Å². The number of amides is 1. The SMILES string of the molecule is CCOC(=O)C1CCN(C(=O)CNC)CC1.Cl. The number of likely N-dealkylation sites (N-methyl/N-ethyl adjacent to an activating group) is 1. The van der Waals surface area contributed by atoms with Gasteiger partial charge in [0.2, 0.25) is 5.91 Å². The van der Waals surface area contributed by atoms with E-state index < -0.39 is 0 Å². The Morgan fingerprint density at radius 1 is 1.35 bits per heavy atom. The number of hydrogen-bond donors (Lipinski definition) is 1. The zero-order chi connectivity index (χ0) is 12.0. The molecule has 1 aliphatic rings. The van der Waals surface area contributed by atoms with Gasteiger partial charge in [-0.05, 0) is 26.8 Å². The van der Waals surface area contributed by atoms with Gasteiger partial charge in [0, 0.05) is 13.1 Å². The number of nitrogens with one attached hydrogen (secondary N) is 1. The molecule has 0 aliphatic carbocycles. The Balaban J connectivity index is 0.00000256. The summed E-state index contributed by atoms with van der Waals surface area (Å²) in [4.78, 5) is 24.8. The van der Waals surface area contributed by atoms with E-state index in [1.807, 2.05) is 6.92 Å². The van der Waals surface area contributed by atoms with E-state index in [-0.39, 0.29) is 30.2 Å². The Bertz CT molecular complexity index is 227. The molecule has 6 heteroatoms. The lowest BCUT2D eigenvalue weighted by molar-refractivity contribution is -0.151. The maximum absolute atomic E-state index is 11.5. The third-order valence-corrected chi connectivity index (χ3v) is 2.80. The van der Waals surface area contributed by atoms with E-state index in [2.05, 4.69) is 5.32 Å². The Kier molecular flexibility index (Phi) is 7.91. The van der Waals surface area contributed by atoms with Crippen LogP contribution < -0.4 is 5.32 Å². The summed E-state index contributed by atoms with van der Waals surface area (Å²) >= 11 is 0. The largest absolute Gasteiger partial charge is 0.466 e. The zero-order valence-corrected chi connectivity index (χ0v) is 11.2. The highest BCUT2D eigenvalue weighted by Gasteiger charge is 2.27. The number of ether oxygens (including phenoxy) is 1. The third-order valence-electron chi connectivity index (χ3n) is 2.80. The van der Waals surface area contributed by atoms with Crippen molar-refractivity contribution in [3.8, 4) is 0 Å². The minimum Gasteiger partial charge on any atom is -0.466 e. The van der Waals surface area contributed by atoms with Crippen LogP contribution in [0, 0.1) is 5.92 Å². The summed E-state index contributed by atoms with van der Waals surface area (Å²) in [6, 6.07) is 0. The Morgan fingerprint density at radius 2 is 1.94 bits per heavy atom. The number of esters is 1. The number of hydrogen-bond acceptors (Lipinski definition) is 4. The quantitative estimate of drug-likeness (QED) is 0.748. The van der Waals surface area contributed by atoms with E-state index in [0.717, 1.165) is 0 Å². The number of nitrogens with zero attached hydrogens (tertiary/aromatic N) is 1. The van der Waals surface area contributed by atoms with Gasteiger partial charge in [-0.3, -0.25) is 9.59 Å². The number of carbonyl (C=O) groups excluding carboxylic acids is 2. The first kappa shape index (κ1) is 16.2. The van der Waals surface area contributed by atoms with Gasteiger partial charge in [0.1, 0.15) is 0 Å². The third kappa shape index (κ3) is 4.91. The molecular weight excluding hydrogens is 244 g/mol. The molecule has 100 valence electrons. The van der Waals surface area contributed by atoms with Crippen molar-refractivity contribution < 1.29 is 14.3 Å². The summed E-state index contributed by atoms with van der Waals surface area (Å²) in [6.07, 6.45) is 1.43. The van der Waals surface area contributed by atoms with E-state index in [1.165, 1.54) is 0 Å². The van der Waals surface area contributed by atoms with E-state index >= 15 is 0 Å². The van der Waals surface area contributed by atoms with Gasteiger partial charge in [0.15, 0.2) is 0 Å². The molecular formula is C11H21ClN2O3. The van der Waals surface area contributed by atoms with Gasteiger partial charge in [-0.15, -0.1) is 12.4 Å². The molecule has 5 nitrogen and oxygen atoms in total. The van der Waals surface area contributed by atoms with Gasteiger partial charge in [0.25, 0.3) is 0 Å². The highest BCUT2D eigenvalue weighted by Crippen LogP contribution is 2.18. The fraction of sp³-hybridized carbons (Fsp3) is 0.818. The molecule has 0 bridgehead atoms. The molecule has 0 unspecified atom stereocenters. The first-order valence-electron chi connectivity index (χ1n) is 5.78. The fourth-order valence-electron chi connectivity index (χ4n) is 1.89. The standard InChI is InChI=1S/C11H20N2O3.ClH/c1-3-16-11(15)9-4-6-13(7-5-9)10(14)8-12-2;/h9,12H,3-8H2,1-2H3;1H. The summed E-state index contributed by atoms with van der Waals surface area (Å²) in [5.74, 6) is -0.0494. The molecule has 1 saturated heterocycles. The first-order valence-corrected chi connectivity index (χ1v) is 5.78. The second-order valence-electron chi connectivity index (χ2n) is 3.94. The van der Waals surface area contributed by atoms with Crippen molar-refractivity contribution in [2.75, 3.05) is 33.3 Å². The molecule has 1 heterocycles. The van der Waals surface area contributed by atoms with E-state index in [1.54, 1.807) is 11.9 Å². The van der Waals surface area contributed by atoms with E-state index in [0.29, 0.717) is 39.1 Å². The molecule has 1 fully saturated rings. The van der Waals surface area contributed by atoms with Crippen molar-refractivity contribution in [2.24, 2.45) is 5.92 Å². The molecule has 0 aromatic rings. The van der Waals surface area contributed by atoms with Crippen molar-refractivity contribution in [3.05, 3.63) is 0 Å². The monoisotopic (exact) mass is 264 g/mol. The summed E-state index contributed by atoms with van der Waals surface area (Å²) in [7, 11) is 1.75. The molecule has 0 saturated carbocycles. The highest BCUT2D eigenvalue weighted by molar-refractivity contribution is 5.85. The van der Waals surface area contributed by atoms with Crippen LogP contribution in [-0.4, -0.2) is 50.1 Å². The minimum absolute atomic E-state index is 0. The van der Waals surface area contributed by atoms with Crippen molar-refractivity contribution in [1.29, 1.82) is 0 Å². The lowest BCUT2D eigenvalue weighted by Gasteiger charge is -2.30. The van der Waals surface area contributed by atoms with Crippen LogP contribution in [0.15, 0.2) is 0 Å². The molecule has 0 atom stereocenters. The normalized spacial score (nSPS) is 16.2. The predicted molar refractivity (Wildman–Crippen MR) is 67.1 cm³/mol. The van der Waals surface area contributed by atoms with E-state index in [4.69, 9.17) is 4.74 Å². The predicted octanol–water partition coefficient (Wildman–Crippen LogP) is 0.429. The zero-order valence-electron chi connectivity index (χ0n) is 10.4. The summed E-state index contributed by atoms with van der Waals surface area (Å²) in [6.45, 7) is 3.92. The molecule has 1 aliphatic heterocycles. The molecule has 1 N–H and O–H groups in total. The summed E-state index contributed by atoms with van der Waals surface area (Å²) in [5, 5.41) is 2.84. The summed E-state index contributed by atoms with van der Waals surface area (Å²) < 4.78 is 4.97. The molecule has 1 rings (SSSR count). The number of rotatable bonds is 4. The van der Waals surface area contributed by atoms with Gasteiger partial charge >= 0.3 is 5.97 Å². The maximum Gasteiger partial charge on any atom is 0.309 e. The van der Waals surface area contributed by atoms with Crippen molar-refractivity contribution in [2.45, 2.75) is 19.8 Å². The second kappa shape index (κ2) is 8.31. The van der Waals surface area contributed by atoms with Gasteiger partial charge < -0.3 is 15.0 Å². The van der Waals surface area contributed by atoms with Gasteiger partial charge in [-0.1, -0.05) is 0 Å². The van der Waals surface area contributed by atoms with Crippen LogP contribution in [0.2, 0.25) is 0 Å². The van der Waals surface area contributed by atoms with Gasteiger partial charge in [0.05, 0.1) is 19.1 Å². The topological polar surface area (TPSA) is 58.6 Å². The number of halogens is 1. The van der Waals surface area contributed by atoms with Crippen LogP contribution in [0.3, 0.4) is 0 Å². The number of likely N-dealkylation sites (tertiary alicyclic amines) is 1. The average molecular weight is 265 g/mol. The van der Waals surface area contributed by atoms with Crippen molar-refractivity contribution >= 4 is 24.3 Å². The van der Waals surface area contributed by atoms with Crippen LogP contribution in [0.1, 0.15) is 19.8 Å². The van der Waals surface area contributed by atoms with Crippen LogP contribution in [0.4, 0.5) is 0 Å². The maximum atomic E-state index is 11.5. The van der Waals surface area contributed by atoms with Crippen LogP contribution >= 0.6 is 12.4 Å². The van der Waals surface area contributed by atoms with E-state index in [9.17, 15) is 9.59 Å². The highest BCUT2D eigenvalue weighted by atomic mass is 35.5. The molecule has 0 spiro atoms. The fourth-order valence-corrected chi connectivity index (χ4v) is 1.89. The van der Waals surface area contributed by atoms with Crippen LogP contribution in [0.5, 0.6) is 0 Å². The Morgan fingerprint density at radius 3 is 2.41 bits per heavy atom. The second-order valence-corrected chi connectivity index (χ2v) is 3.94.